The van der Waals surface area contributed by atoms with Gasteiger partial charge >= 0.3 is 0 Å². The van der Waals surface area contributed by atoms with Crippen molar-refractivity contribution >= 4 is 34.1 Å². The summed E-state index contributed by atoms with van der Waals surface area (Å²) in [7, 11) is 2.15. The molecule has 2 N–H and O–H groups in total. The van der Waals surface area contributed by atoms with Crippen LogP contribution in [0.4, 0.5) is 17.5 Å². The van der Waals surface area contributed by atoms with Crippen LogP contribution in [-0.4, -0.2) is 72.7 Å². The first-order chi connectivity index (χ1) is 17.2. The first-order valence-corrected chi connectivity index (χ1v) is 12.1. The Morgan fingerprint density at radius 1 is 1.03 bits per heavy atom. The number of hydrogen-bond donors (Lipinski definition) is 2. The number of nitrogens with one attached hydrogen (secondary N) is 2. The van der Waals surface area contributed by atoms with Crippen molar-refractivity contribution in [1.82, 2.24) is 39.4 Å². The molecule has 0 radical (unpaired) electrons. The molecule has 0 spiro atoms. The SMILES string of the molecule is CN1CCN(c2cc(Nc3nc(-c4ccn5ncc(C6CC6)c5n4)c4cc[nH]c4n3)ccn2)CC1. The number of aromatic amines is 1. The molecule has 1 aliphatic carbocycles. The molecule has 0 aromatic carbocycles. The highest BCUT2D eigenvalue weighted by Crippen LogP contribution is 2.41. The number of fused-ring (bicyclic) bond motifs is 2. The number of H-pyrrole nitrogens is 1. The largest absolute Gasteiger partial charge is 0.354 e. The van der Waals surface area contributed by atoms with E-state index in [1.54, 1.807) is 0 Å². The van der Waals surface area contributed by atoms with Gasteiger partial charge in [0.1, 0.15) is 17.2 Å². The van der Waals surface area contributed by atoms with E-state index in [1.165, 1.54) is 18.4 Å². The fraction of sp³-hybridized carbons (Fsp3) is 0.320. The molecule has 1 saturated heterocycles. The second kappa shape index (κ2) is 8.02. The van der Waals surface area contributed by atoms with Gasteiger partial charge in [0.05, 0.1) is 11.9 Å². The number of rotatable bonds is 5. The highest BCUT2D eigenvalue weighted by Gasteiger charge is 2.28. The van der Waals surface area contributed by atoms with Crippen LogP contribution in [0.5, 0.6) is 0 Å². The van der Waals surface area contributed by atoms with Gasteiger partial charge in [0.2, 0.25) is 5.95 Å². The van der Waals surface area contributed by atoms with Crippen LogP contribution in [0.2, 0.25) is 0 Å². The van der Waals surface area contributed by atoms with Crippen molar-refractivity contribution < 1.29 is 0 Å². The van der Waals surface area contributed by atoms with Crippen LogP contribution in [-0.2, 0) is 0 Å². The lowest BCUT2D eigenvalue weighted by Crippen LogP contribution is -2.44. The van der Waals surface area contributed by atoms with Crippen molar-refractivity contribution in [2.24, 2.45) is 0 Å². The topological polar surface area (TPSA) is 103 Å². The van der Waals surface area contributed by atoms with E-state index < -0.39 is 0 Å². The summed E-state index contributed by atoms with van der Waals surface area (Å²) in [5.41, 5.74) is 5.40. The fourth-order valence-corrected chi connectivity index (χ4v) is 4.73. The summed E-state index contributed by atoms with van der Waals surface area (Å²) in [6, 6.07) is 7.97. The highest BCUT2D eigenvalue weighted by molar-refractivity contribution is 5.91. The van der Waals surface area contributed by atoms with Crippen molar-refractivity contribution in [3.8, 4) is 11.4 Å². The molecule has 2 fully saturated rings. The number of anilines is 3. The molecule has 6 heterocycles. The van der Waals surface area contributed by atoms with Crippen LogP contribution in [0, 0.1) is 0 Å². The van der Waals surface area contributed by atoms with Crippen LogP contribution in [0.3, 0.4) is 0 Å². The van der Waals surface area contributed by atoms with E-state index in [0.29, 0.717) is 11.9 Å². The standard InChI is InChI=1S/C25H26N10/c1-33-10-12-34(13-11-33)21-14-17(4-7-26-21)29-25-31-22(18-5-8-27-23(18)32-25)20-6-9-35-24(30-20)19(15-28-35)16-2-3-16/h4-9,14-16H,2-3,10-13H2,1H3,(H2,26,27,29,31,32). The monoisotopic (exact) mass is 466 g/mol. The Hall–Kier alpha value is -4.05. The third-order valence-corrected chi connectivity index (χ3v) is 6.90. The molecule has 0 amide bonds. The molecule has 7 rings (SSSR count). The van der Waals surface area contributed by atoms with E-state index in [1.807, 2.05) is 47.5 Å². The highest BCUT2D eigenvalue weighted by atomic mass is 15.3. The molecule has 0 atom stereocenters. The first kappa shape index (κ1) is 20.3. The van der Waals surface area contributed by atoms with Crippen LogP contribution in [0.25, 0.3) is 28.1 Å². The molecule has 0 bridgehead atoms. The Balaban J connectivity index is 1.24. The van der Waals surface area contributed by atoms with Crippen LogP contribution >= 0.6 is 0 Å². The minimum atomic E-state index is 0.517. The van der Waals surface area contributed by atoms with Crippen LogP contribution in [0.1, 0.15) is 24.3 Å². The predicted molar refractivity (Wildman–Crippen MR) is 135 cm³/mol. The Kier molecular flexibility index (Phi) is 4.66. The van der Waals surface area contributed by atoms with E-state index in [4.69, 9.17) is 15.0 Å². The Labute approximate surface area is 202 Å². The summed E-state index contributed by atoms with van der Waals surface area (Å²) < 4.78 is 1.85. The van der Waals surface area contributed by atoms with Gasteiger partial charge in [-0.1, -0.05) is 0 Å². The zero-order valence-corrected chi connectivity index (χ0v) is 19.5. The molecule has 5 aromatic rings. The summed E-state index contributed by atoms with van der Waals surface area (Å²) >= 11 is 0. The van der Waals surface area contributed by atoms with Crippen LogP contribution < -0.4 is 10.2 Å². The summed E-state index contributed by atoms with van der Waals surface area (Å²) in [6.07, 6.45) is 10.0. The molecule has 2 aliphatic rings. The lowest BCUT2D eigenvalue weighted by Gasteiger charge is -2.33. The summed E-state index contributed by atoms with van der Waals surface area (Å²) in [6.45, 7) is 4.00. The first-order valence-electron chi connectivity index (χ1n) is 12.1. The zero-order valence-electron chi connectivity index (χ0n) is 19.5. The molecule has 176 valence electrons. The maximum atomic E-state index is 4.97. The fourth-order valence-electron chi connectivity index (χ4n) is 4.73. The van der Waals surface area contributed by atoms with E-state index in [2.05, 4.69) is 43.3 Å². The minimum absolute atomic E-state index is 0.517. The van der Waals surface area contributed by atoms with E-state index in [9.17, 15) is 0 Å². The van der Waals surface area contributed by atoms with Gasteiger partial charge in [-0.25, -0.2) is 19.5 Å². The van der Waals surface area contributed by atoms with Gasteiger partial charge in [-0.2, -0.15) is 10.1 Å². The van der Waals surface area contributed by atoms with Gasteiger partial charge in [-0.05, 0) is 44.0 Å². The van der Waals surface area contributed by atoms with Crippen molar-refractivity contribution in [3.63, 3.8) is 0 Å². The van der Waals surface area contributed by atoms with Crippen LogP contribution in [0.15, 0.2) is 49.1 Å². The minimum Gasteiger partial charge on any atom is -0.354 e. The molecular formula is C25H26N10. The maximum Gasteiger partial charge on any atom is 0.229 e. The maximum absolute atomic E-state index is 4.97. The Bertz CT molecular complexity index is 1520. The molecule has 0 unspecified atom stereocenters. The molecular weight excluding hydrogens is 440 g/mol. The van der Waals surface area contributed by atoms with E-state index in [-0.39, 0.29) is 0 Å². The average molecular weight is 467 g/mol. The van der Waals surface area contributed by atoms with Gasteiger partial charge in [-0.15, -0.1) is 0 Å². The van der Waals surface area contributed by atoms with Crippen molar-refractivity contribution in [2.75, 3.05) is 43.4 Å². The summed E-state index contributed by atoms with van der Waals surface area (Å²) in [5.74, 6) is 2.05. The normalized spacial score (nSPS) is 16.9. The third-order valence-electron chi connectivity index (χ3n) is 6.90. The molecule has 10 heteroatoms. The Morgan fingerprint density at radius 2 is 1.91 bits per heavy atom. The van der Waals surface area contributed by atoms with E-state index >= 15 is 0 Å². The average Bonchev–Trinajstić information content (AvgIpc) is 3.45. The Morgan fingerprint density at radius 3 is 2.77 bits per heavy atom. The number of hydrogen-bond acceptors (Lipinski definition) is 8. The second-order valence-corrected chi connectivity index (χ2v) is 9.41. The summed E-state index contributed by atoms with van der Waals surface area (Å²) in [5, 5.41) is 8.81. The third kappa shape index (κ3) is 3.75. The van der Waals surface area contributed by atoms with Gasteiger partial charge in [0.25, 0.3) is 0 Å². The zero-order chi connectivity index (χ0) is 23.4. The molecule has 10 nitrogen and oxygen atoms in total. The van der Waals surface area contributed by atoms with Crippen molar-refractivity contribution in [2.45, 2.75) is 18.8 Å². The van der Waals surface area contributed by atoms with Crippen molar-refractivity contribution in [3.05, 3.63) is 54.6 Å². The quantitative estimate of drug-likeness (QED) is 0.406. The lowest BCUT2D eigenvalue weighted by molar-refractivity contribution is 0.312. The molecule has 5 aromatic heterocycles. The predicted octanol–water partition coefficient (Wildman–Crippen LogP) is 3.44. The second-order valence-electron chi connectivity index (χ2n) is 9.41. The molecule has 1 aliphatic heterocycles. The van der Waals surface area contributed by atoms with Gasteiger partial charge in [-0.3, -0.25) is 0 Å². The smallest absolute Gasteiger partial charge is 0.229 e. The van der Waals surface area contributed by atoms with E-state index in [0.717, 1.165) is 65.8 Å². The number of likely N-dealkylation sites (N-methyl/N-ethyl adjacent to an activating group) is 1. The number of pyridine rings is 1. The summed E-state index contributed by atoms with van der Waals surface area (Å²) in [4.78, 5) is 27.1. The van der Waals surface area contributed by atoms with Gasteiger partial charge < -0.3 is 20.1 Å². The van der Waals surface area contributed by atoms with Crippen molar-refractivity contribution in [1.29, 1.82) is 0 Å². The number of aromatic nitrogens is 7. The van der Waals surface area contributed by atoms with Gasteiger partial charge in [0.15, 0.2) is 5.65 Å². The number of piperazine rings is 1. The molecule has 1 saturated carbocycles. The number of nitrogens with zero attached hydrogens (tertiary/aromatic N) is 8. The van der Waals surface area contributed by atoms with Gasteiger partial charge in [0, 0.05) is 67.5 Å². The molecule has 35 heavy (non-hydrogen) atoms. The lowest BCUT2D eigenvalue weighted by atomic mass is 10.2.